The SMILES string of the molecule is CC1(C)C=C(N2CCN(CC3CC3)CC2=O)c2cc(SC(F)(F)F)ccc2O1. The molecule has 4 rings (SSSR count). The second-order valence-corrected chi connectivity index (χ2v) is 9.30. The van der Waals surface area contributed by atoms with Crippen LogP contribution in [0.15, 0.2) is 29.2 Å². The molecule has 1 amide bonds. The number of alkyl halides is 3. The number of benzene rings is 1. The van der Waals surface area contributed by atoms with Crippen LogP contribution in [0.5, 0.6) is 5.75 Å². The van der Waals surface area contributed by atoms with Crippen molar-refractivity contribution in [2.75, 3.05) is 26.2 Å². The molecule has 1 aliphatic carbocycles. The molecule has 1 aromatic rings. The van der Waals surface area contributed by atoms with Gasteiger partial charge in [-0.25, -0.2) is 0 Å². The lowest BCUT2D eigenvalue weighted by Crippen LogP contribution is -2.50. The number of piperazine rings is 1. The highest BCUT2D eigenvalue weighted by Gasteiger charge is 2.36. The van der Waals surface area contributed by atoms with Crippen molar-refractivity contribution < 1.29 is 22.7 Å². The van der Waals surface area contributed by atoms with Crippen LogP contribution in [0.1, 0.15) is 32.3 Å². The number of halogens is 3. The standard InChI is InChI=1S/C20H23F3N2O2S/c1-19(2)10-16(25-8-7-24(12-18(25)26)11-13-3-4-13)15-9-14(28-20(21,22)23)5-6-17(15)27-19/h5-6,9-10,13H,3-4,7-8,11-12H2,1-2H3. The second-order valence-electron chi connectivity index (χ2n) is 8.16. The van der Waals surface area contributed by atoms with Gasteiger partial charge in [-0.2, -0.15) is 13.2 Å². The quantitative estimate of drug-likeness (QED) is 0.688. The molecule has 2 heterocycles. The van der Waals surface area contributed by atoms with Crippen LogP contribution in [0.4, 0.5) is 13.2 Å². The summed E-state index contributed by atoms with van der Waals surface area (Å²) in [4.78, 5) is 16.8. The number of thioether (sulfide) groups is 1. The summed E-state index contributed by atoms with van der Waals surface area (Å²) in [6.07, 6.45) is 4.31. The summed E-state index contributed by atoms with van der Waals surface area (Å²) in [6.45, 7) is 6.36. The first-order valence-corrected chi connectivity index (χ1v) is 10.3. The molecule has 2 fully saturated rings. The summed E-state index contributed by atoms with van der Waals surface area (Å²) >= 11 is -0.157. The van der Waals surface area contributed by atoms with E-state index < -0.39 is 11.1 Å². The number of hydrogen-bond acceptors (Lipinski definition) is 4. The predicted molar refractivity (Wildman–Crippen MR) is 102 cm³/mol. The van der Waals surface area contributed by atoms with Crippen LogP contribution in [-0.2, 0) is 4.79 Å². The van der Waals surface area contributed by atoms with Gasteiger partial charge in [0.05, 0.1) is 12.2 Å². The van der Waals surface area contributed by atoms with Crippen molar-refractivity contribution in [1.82, 2.24) is 9.80 Å². The van der Waals surface area contributed by atoms with Crippen LogP contribution >= 0.6 is 11.8 Å². The highest BCUT2D eigenvalue weighted by molar-refractivity contribution is 8.00. The lowest BCUT2D eigenvalue weighted by Gasteiger charge is -2.39. The second kappa shape index (κ2) is 6.99. The van der Waals surface area contributed by atoms with Gasteiger partial charge >= 0.3 is 5.51 Å². The fourth-order valence-electron chi connectivity index (χ4n) is 3.74. The Morgan fingerprint density at radius 2 is 2.00 bits per heavy atom. The van der Waals surface area contributed by atoms with Gasteiger partial charge in [-0.05, 0) is 68.6 Å². The van der Waals surface area contributed by atoms with Crippen LogP contribution in [0.2, 0.25) is 0 Å². The van der Waals surface area contributed by atoms with E-state index in [1.54, 1.807) is 11.0 Å². The van der Waals surface area contributed by atoms with Gasteiger partial charge in [-0.1, -0.05) is 0 Å². The zero-order valence-corrected chi connectivity index (χ0v) is 16.7. The monoisotopic (exact) mass is 412 g/mol. The van der Waals surface area contributed by atoms with E-state index in [1.807, 2.05) is 19.9 Å². The molecule has 0 bridgehead atoms. The van der Waals surface area contributed by atoms with Gasteiger partial charge in [0.15, 0.2) is 0 Å². The molecule has 4 nitrogen and oxygen atoms in total. The molecule has 28 heavy (non-hydrogen) atoms. The third-order valence-electron chi connectivity index (χ3n) is 5.12. The first kappa shape index (κ1) is 19.6. The van der Waals surface area contributed by atoms with Crippen molar-refractivity contribution in [3.05, 3.63) is 29.8 Å². The summed E-state index contributed by atoms with van der Waals surface area (Å²) in [5, 5.41) is 0. The normalized spacial score (nSPS) is 22.5. The first-order chi connectivity index (χ1) is 13.1. The van der Waals surface area contributed by atoms with Crippen LogP contribution in [-0.4, -0.2) is 53.0 Å². The maximum absolute atomic E-state index is 12.9. The molecule has 8 heteroatoms. The van der Waals surface area contributed by atoms with Gasteiger partial charge < -0.3 is 9.64 Å². The van der Waals surface area contributed by atoms with Crippen molar-refractivity contribution in [1.29, 1.82) is 0 Å². The molecule has 3 aliphatic rings. The zero-order chi connectivity index (χ0) is 20.1. The number of carbonyl (C=O) groups excluding carboxylic acids is 1. The average molecular weight is 412 g/mol. The third-order valence-corrected chi connectivity index (χ3v) is 5.84. The molecule has 0 N–H and O–H groups in total. The van der Waals surface area contributed by atoms with Gasteiger partial charge in [0.25, 0.3) is 0 Å². The molecule has 0 atom stereocenters. The largest absolute Gasteiger partial charge is 0.483 e. The minimum Gasteiger partial charge on any atom is -0.483 e. The van der Waals surface area contributed by atoms with Gasteiger partial charge in [0.2, 0.25) is 5.91 Å². The molecule has 0 unspecified atom stereocenters. The summed E-state index contributed by atoms with van der Waals surface area (Å²) in [5.41, 5.74) is -3.83. The lowest BCUT2D eigenvalue weighted by atomic mass is 9.97. The van der Waals surface area contributed by atoms with Crippen LogP contribution in [0.3, 0.4) is 0 Å². The molecule has 1 saturated heterocycles. The molecule has 2 aliphatic heterocycles. The maximum Gasteiger partial charge on any atom is 0.446 e. The Balaban J connectivity index is 1.61. The minimum absolute atomic E-state index is 0.0179. The van der Waals surface area contributed by atoms with Crippen LogP contribution in [0, 0.1) is 5.92 Å². The molecule has 1 aromatic carbocycles. The number of nitrogens with zero attached hydrogens (tertiary/aromatic N) is 2. The first-order valence-electron chi connectivity index (χ1n) is 9.44. The number of hydrogen-bond donors (Lipinski definition) is 0. The molecule has 0 radical (unpaired) electrons. The highest BCUT2D eigenvalue weighted by atomic mass is 32.2. The minimum atomic E-state index is -4.36. The zero-order valence-electron chi connectivity index (χ0n) is 15.9. The van der Waals surface area contributed by atoms with Gasteiger partial charge in [0.1, 0.15) is 11.4 Å². The summed E-state index contributed by atoms with van der Waals surface area (Å²) < 4.78 is 44.4. The predicted octanol–water partition coefficient (Wildman–Crippen LogP) is 4.36. The smallest absolute Gasteiger partial charge is 0.446 e. The van der Waals surface area contributed by atoms with Crippen molar-refractivity contribution in [2.45, 2.75) is 42.7 Å². The maximum atomic E-state index is 12.9. The van der Waals surface area contributed by atoms with E-state index >= 15 is 0 Å². The molecule has 0 spiro atoms. The van der Waals surface area contributed by atoms with Crippen molar-refractivity contribution in [3.8, 4) is 5.75 Å². The van der Waals surface area contributed by atoms with Crippen molar-refractivity contribution in [3.63, 3.8) is 0 Å². The Kier molecular flexibility index (Phi) is 4.90. The van der Waals surface area contributed by atoms with Crippen LogP contribution in [0.25, 0.3) is 5.70 Å². The molecular formula is C20H23F3N2O2S. The van der Waals surface area contributed by atoms with E-state index in [0.717, 1.165) is 13.1 Å². The Labute approximate surface area is 166 Å². The molecule has 0 aromatic heterocycles. The molecule has 1 saturated carbocycles. The van der Waals surface area contributed by atoms with E-state index in [9.17, 15) is 18.0 Å². The van der Waals surface area contributed by atoms with E-state index in [0.29, 0.717) is 36.0 Å². The highest BCUT2D eigenvalue weighted by Crippen LogP contribution is 2.43. The summed E-state index contributed by atoms with van der Waals surface area (Å²) in [5.74, 6) is 1.20. The fraction of sp³-hybridized carbons (Fsp3) is 0.550. The fourth-order valence-corrected chi connectivity index (χ4v) is 4.32. The Bertz CT molecular complexity index is 818. The Morgan fingerprint density at radius 1 is 1.25 bits per heavy atom. The number of fused-ring (bicyclic) bond motifs is 1. The molecule has 152 valence electrons. The van der Waals surface area contributed by atoms with Gasteiger partial charge in [0, 0.05) is 30.1 Å². The van der Waals surface area contributed by atoms with Crippen molar-refractivity contribution in [2.24, 2.45) is 5.92 Å². The number of ether oxygens (including phenoxy) is 1. The van der Waals surface area contributed by atoms with E-state index in [1.165, 1.54) is 25.0 Å². The Morgan fingerprint density at radius 3 is 2.64 bits per heavy atom. The van der Waals surface area contributed by atoms with Crippen molar-refractivity contribution >= 4 is 23.4 Å². The Hall–Kier alpha value is -1.67. The van der Waals surface area contributed by atoms with E-state index in [4.69, 9.17) is 4.74 Å². The summed E-state index contributed by atoms with van der Waals surface area (Å²) in [7, 11) is 0. The third kappa shape index (κ3) is 4.49. The average Bonchev–Trinajstić information content (AvgIpc) is 3.37. The summed E-state index contributed by atoms with van der Waals surface area (Å²) in [6, 6.07) is 4.44. The van der Waals surface area contributed by atoms with E-state index in [-0.39, 0.29) is 22.6 Å². The van der Waals surface area contributed by atoms with Gasteiger partial charge in [-0.3, -0.25) is 9.69 Å². The van der Waals surface area contributed by atoms with Crippen LogP contribution < -0.4 is 4.74 Å². The molecular weight excluding hydrogens is 389 g/mol. The lowest BCUT2D eigenvalue weighted by molar-refractivity contribution is -0.132. The number of carbonyl (C=O) groups is 1. The van der Waals surface area contributed by atoms with E-state index in [2.05, 4.69) is 4.90 Å². The topological polar surface area (TPSA) is 32.8 Å². The number of rotatable bonds is 4. The number of amides is 1. The van der Waals surface area contributed by atoms with Gasteiger partial charge in [-0.15, -0.1) is 0 Å².